The number of nitro benzene ring substituents is 1. The molecule has 0 aliphatic heterocycles. The number of nitrogens with zero attached hydrogens (tertiary/aromatic N) is 1. The number of nitrogens with one attached hydrogen (secondary N) is 1. The van der Waals surface area contributed by atoms with Crippen molar-refractivity contribution in [2.75, 3.05) is 11.0 Å². The zero-order valence-corrected chi connectivity index (χ0v) is 12.6. The summed E-state index contributed by atoms with van der Waals surface area (Å²) in [6.07, 6.45) is 6.01. The van der Waals surface area contributed by atoms with E-state index in [9.17, 15) is 18.5 Å². The number of hydrogen-bond donors (Lipinski definition) is 1. The van der Waals surface area contributed by atoms with E-state index in [1.165, 1.54) is 18.2 Å². The molecule has 1 aromatic carbocycles. The molecule has 0 atom stereocenters. The van der Waals surface area contributed by atoms with Crippen LogP contribution in [0.15, 0.2) is 18.2 Å². The second-order valence-corrected chi connectivity index (χ2v) is 6.94. The van der Waals surface area contributed by atoms with Crippen molar-refractivity contribution in [3.05, 3.63) is 28.3 Å². The number of rotatable bonds is 5. The maximum absolute atomic E-state index is 11.4. The van der Waals surface area contributed by atoms with Crippen molar-refractivity contribution in [1.29, 1.82) is 0 Å². The summed E-state index contributed by atoms with van der Waals surface area (Å²) < 4.78 is 30.8. The average molecular weight is 356 g/mol. The van der Waals surface area contributed by atoms with E-state index in [1.807, 2.05) is 0 Å². The molecule has 1 aromatic rings. The molecule has 0 aromatic heterocycles. The van der Waals surface area contributed by atoms with Gasteiger partial charge in [-0.25, -0.2) is 8.42 Å². The third-order valence-electron chi connectivity index (χ3n) is 3.32. The van der Waals surface area contributed by atoms with Crippen LogP contribution in [0.4, 0.5) is 11.4 Å². The molecule has 1 saturated carbocycles. The van der Waals surface area contributed by atoms with Gasteiger partial charge in [-0.05, 0) is 31.7 Å². The molecule has 1 aliphatic carbocycles. The third kappa shape index (κ3) is 5.91. The number of nitro groups is 1. The number of hydrogen-bond acceptors (Lipinski definition) is 5. The topological polar surface area (TPSA) is 98.5 Å². The quantitative estimate of drug-likeness (QED) is 0.492. The van der Waals surface area contributed by atoms with Crippen LogP contribution in [-0.4, -0.2) is 63.4 Å². The zero-order valence-electron chi connectivity index (χ0n) is 11.7. The Hall–Kier alpha value is -0.570. The van der Waals surface area contributed by atoms with Crippen LogP contribution in [0.2, 0.25) is 0 Å². The van der Waals surface area contributed by atoms with Gasteiger partial charge in [0.25, 0.3) is 5.69 Å². The Morgan fingerprint density at radius 2 is 1.91 bits per heavy atom. The van der Waals surface area contributed by atoms with Crippen molar-refractivity contribution in [3.63, 3.8) is 0 Å². The van der Waals surface area contributed by atoms with Gasteiger partial charge in [-0.15, -0.1) is 0 Å². The molecule has 7 nitrogen and oxygen atoms in total. The monoisotopic (exact) mass is 356 g/mol. The summed E-state index contributed by atoms with van der Waals surface area (Å²) in [5, 5.41) is 10.9. The Balaban J connectivity index is 0.00000242. The molecule has 1 aliphatic rings. The van der Waals surface area contributed by atoms with Crippen molar-refractivity contribution < 1.29 is 18.1 Å². The number of sulfonamides is 1. The van der Waals surface area contributed by atoms with Crippen LogP contribution in [0.25, 0.3) is 0 Å². The van der Waals surface area contributed by atoms with Crippen molar-refractivity contribution in [1.82, 2.24) is 0 Å². The third-order valence-corrected chi connectivity index (χ3v) is 3.91. The molecule has 0 spiro atoms. The van der Waals surface area contributed by atoms with Gasteiger partial charge in [0.1, 0.15) is 0 Å². The number of non-ortho nitro benzene ring substituents is 1. The molecule has 1 N–H and O–H groups in total. The van der Waals surface area contributed by atoms with Gasteiger partial charge in [0.2, 0.25) is 10.0 Å². The second kappa shape index (κ2) is 8.33. The second-order valence-electron chi connectivity index (χ2n) is 5.19. The van der Waals surface area contributed by atoms with E-state index in [-0.39, 0.29) is 61.0 Å². The first-order chi connectivity index (χ1) is 9.85. The van der Waals surface area contributed by atoms with Crippen molar-refractivity contribution in [3.8, 4) is 5.75 Å². The van der Waals surface area contributed by atoms with Crippen LogP contribution in [0, 0.1) is 10.1 Å². The molecule has 0 radical (unpaired) electrons. The molecule has 0 bridgehead atoms. The van der Waals surface area contributed by atoms with Gasteiger partial charge in [0.15, 0.2) is 5.75 Å². The molecule has 2 rings (SSSR count). The van der Waals surface area contributed by atoms with E-state index in [2.05, 4.69) is 4.72 Å². The summed E-state index contributed by atoms with van der Waals surface area (Å²) >= 11 is 0. The van der Waals surface area contributed by atoms with E-state index in [1.54, 1.807) is 0 Å². The van der Waals surface area contributed by atoms with Crippen LogP contribution in [-0.2, 0) is 10.0 Å². The summed E-state index contributed by atoms with van der Waals surface area (Å²) in [7, 11) is -3.47. The summed E-state index contributed by atoms with van der Waals surface area (Å²) in [5.74, 6) is 0.210. The van der Waals surface area contributed by atoms with E-state index < -0.39 is 14.9 Å². The predicted molar refractivity (Wildman–Crippen MR) is 87.6 cm³/mol. The Kier molecular flexibility index (Phi) is 7.37. The summed E-state index contributed by atoms with van der Waals surface area (Å²) in [6, 6.07) is 3.88. The minimum absolute atomic E-state index is 0. The van der Waals surface area contributed by atoms with Crippen LogP contribution >= 0.6 is 0 Å². The molecule has 0 heterocycles. The average Bonchev–Trinajstić information content (AvgIpc) is 2.40. The van der Waals surface area contributed by atoms with Gasteiger partial charge in [0, 0.05) is 6.07 Å². The molecule has 22 heavy (non-hydrogen) atoms. The van der Waals surface area contributed by atoms with E-state index >= 15 is 0 Å². The molecule has 120 valence electrons. The van der Waals surface area contributed by atoms with Crippen LogP contribution in [0.5, 0.6) is 5.75 Å². The maximum atomic E-state index is 11.4. The summed E-state index contributed by atoms with van der Waals surface area (Å²) in [4.78, 5) is 10.3. The van der Waals surface area contributed by atoms with E-state index in [4.69, 9.17) is 4.74 Å². The Bertz CT molecular complexity index is 629. The molecule has 9 heteroatoms. The molecule has 0 unspecified atom stereocenters. The fraction of sp³-hybridized carbons (Fsp3) is 0.538. The fourth-order valence-electron chi connectivity index (χ4n) is 2.37. The Morgan fingerprint density at radius 3 is 2.45 bits per heavy atom. The van der Waals surface area contributed by atoms with E-state index in [0.29, 0.717) is 0 Å². The van der Waals surface area contributed by atoms with Gasteiger partial charge in [-0.1, -0.05) is 6.42 Å². The Morgan fingerprint density at radius 1 is 1.27 bits per heavy atom. The van der Waals surface area contributed by atoms with Gasteiger partial charge in [-0.2, -0.15) is 0 Å². The zero-order chi connectivity index (χ0) is 15.5. The predicted octanol–water partition coefficient (Wildman–Crippen LogP) is 1.76. The first-order valence-corrected chi connectivity index (χ1v) is 8.67. The van der Waals surface area contributed by atoms with Gasteiger partial charge in [0.05, 0.1) is 29.0 Å². The standard InChI is InChI=1S/C13H18N2O5S.Ca.2H/c1-21(18,19)14-12-8-7-10(15(16)17)9-13(12)20-11-5-3-2-4-6-11;;;/h7-9,11,14H,2-6H2,1H3;;;. The van der Waals surface area contributed by atoms with Crippen molar-refractivity contribution in [2.45, 2.75) is 38.2 Å². The molecular formula is C13H20CaN2O5S. The first kappa shape index (κ1) is 19.5. The molecular weight excluding hydrogens is 336 g/mol. The van der Waals surface area contributed by atoms with Crippen molar-refractivity contribution in [2.24, 2.45) is 0 Å². The Labute approximate surface area is 159 Å². The van der Waals surface area contributed by atoms with Crippen LogP contribution < -0.4 is 9.46 Å². The minimum atomic E-state index is -3.47. The first-order valence-electron chi connectivity index (χ1n) is 6.78. The fourth-order valence-corrected chi connectivity index (χ4v) is 2.94. The van der Waals surface area contributed by atoms with Gasteiger partial charge in [-0.3, -0.25) is 14.8 Å². The van der Waals surface area contributed by atoms with Crippen LogP contribution in [0.1, 0.15) is 32.1 Å². The SMILES string of the molecule is CS(=O)(=O)Nc1ccc([N+](=O)[O-])cc1OC1CCCCC1.[CaH2]. The van der Waals surface area contributed by atoms with E-state index in [0.717, 1.165) is 38.4 Å². The number of benzene rings is 1. The summed E-state index contributed by atoms with van der Waals surface area (Å²) in [6.45, 7) is 0. The van der Waals surface area contributed by atoms with Gasteiger partial charge >= 0.3 is 37.7 Å². The van der Waals surface area contributed by atoms with Gasteiger partial charge < -0.3 is 4.74 Å². The molecule has 0 amide bonds. The number of ether oxygens (including phenoxy) is 1. The molecule has 1 fully saturated rings. The van der Waals surface area contributed by atoms with Crippen LogP contribution in [0.3, 0.4) is 0 Å². The van der Waals surface area contributed by atoms with Crippen molar-refractivity contribution >= 4 is 59.1 Å². The summed E-state index contributed by atoms with van der Waals surface area (Å²) in [5.41, 5.74) is 0.105. The number of anilines is 1. The normalized spacial score (nSPS) is 15.7. The molecule has 0 saturated heterocycles.